The van der Waals surface area contributed by atoms with Crippen LogP contribution in [-0.2, 0) is 0 Å². The standard InChI is InChI=1S/C17H17NO4/c1-20-14-6-3-12(4-7-14)17(19)18-13-5-8-15-16(11-13)22-10-2-9-21-15/h3-8,11H,2,9-10H2,1H3,(H,18,19). The molecule has 0 unspecified atom stereocenters. The third-order valence-corrected chi connectivity index (χ3v) is 3.36. The molecule has 0 atom stereocenters. The molecule has 2 aromatic carbocycles. The molecule has 1 aliphatic heterocycles. The molecule has 2 aromatic rings. The van der Waals surface area contributed by atoms with Gasteiger partial charge >= 0.3 is 0 Å². The van der Waals surface area contributed by atoms with Crippen LogP contribution in [0.1, 0.15) is 16.8 Å². The monoisotopic (exact) mass is 299 g/mol. The molecule has 5 nitrogen and oxygen atoms in total. The second-order valence-electron chi connectivity index (χ2n) is 4.89. The number of fused-ring (bicyclic) bond motifs is 1. The lowest BCUT2D eigenvalue weighted by Gasteiger charge is -2.10. The number of hydrogen-bond acceptors (Lipinski definition) is 4. The zero-order valence-electron chi connectivity index (χ0n) is 12.3. The van der Waals surface area contributed by atoms with Gasteiger partial charge in [-0.3, -0.25) is 4.79 Å². The summed E-state index contributed by atoms with van der Waals surface area (Å²) in [7, 11) is 1.59. The normalized spacial score (nSPS) is 13.1. The van der Waals surface area contributed by atoms with Gasteiger partial charge < -0.3 is 19.5 Å². The summed E-state index contributed by atoms with van der Waals surface area (Å²) in [5, 5.41) is 2.85. The number of hydrogen-bond donors (Lipinski definition) is 1. The number of nitrogens with one attached hydrogen (secondary N) is 1. The van der Waals surface area contributed by atoms with Gasteiger partial charge in [0.25, 0.3) is 5.91 Å². The van der Waals surface area contributed by atoms with Gasteiger partial charge in [-0.05, 0) is 36.4 Å². The number of rotatable bonds is 3. The summed E-state index contributed by atoms with van der Waals surface area (Å²) in [5.41, 5.74) is 1.23. The van der Waals surface area contributed by atoms with Crippen molar-refractivity contribution in [2.75, 3.05) is 25.6 Å². The average molecular weight is 299 g/mol. The molecule has 0 aliphatic carbocycles. The minimum atomic E-state index is -0.183. The quantitative estimate of drug-likeness (QED) is 0.946. The van der Waals surface area contributed by atoms with Crippen LogP contribution in [0.15, 0.2) is 42.5 Å². The smallest absolute Gasteiger partial charge is 0.255 e. The van der Waals surface area contributed by atoms with Crippen LogP contribution < -0.4 is 19.5 Å². The third kappa shape index (κ3) is 3.14. The summed E-state index contributed by atoms with van der Waals surface area (Å²) >= 11 is 0. The van der Waals surface area contributed by atoms with Crippen molar-refractivity contribution < 1.29 is 19.0 Å². The van der Waals surface area contributed by atoms with E-state index in [2.05, 4.69) is 5.32 Å². The molecule has 1 N–H and O–H groups in total. The maximum absolute atomic E-state index is 12.2. The van der Waals surface area contributed by atoms with Crippen LogP contribution in [0.25, 0.3) is 0 Å². The highest BCUT2D eigenvalue weighted by Gasteiger charge is 2.12. The summed E-state index contributed by atoms with van der Waals surface area (Å²) in [5.74, 6) is 1.90. The van der Waals surface area contributed by atoms with Crippen molar-refractivity contribution in [3.63, 3.8) is 0 Å². The molecule has 0 saturated heterocycles. The van der Waals surface area contributed by atoms with Crippen LogP contribution in [-0.4, -0.2) is 26.2 Å². The van der Waals surface area contributed by atoms with Crippen LogP contribution >= 0.6 is 0 Å². The van der Waals surface area contributed by atoms with Gasteiger partial charge in [-0.1, -0.05) is 0 Å². The van der Waals surface area contributed by atoms with E-state index in [0.29, 0.717) is 41.7 Å². The predicted molar refractivity (Wildman–Crippen MR) is 83.0 cm³/mol. The first kappa shape index (κ1) is 14.3. The van der Waals surface area contributed by atoms with E-state index in [0.717, 1.165) is 6.42 Å². The Hall–Kier alpha value is -2.69. The van der Waals surface area contributed by atoms with Gasteiger partial charge in [0.2, 0.25) is 0 Å². The molecule has 0 bridgehead atoms. The molecule has 3 rings (SSSR count). The third-order valence-electron chi connectivity index (χ3n) is 3.36. The zero-order valence-corrected chi connectivity index (χ0v) is 12.3. The van der Waals surface area contributed by atoms with Gasteiger partial charge in [0.15, 0.2) is 11.5 Å². The molecule has 114 valence electrons. The summed E-state index contributed by atoms with van der Waals surface area (Å²) < 4.78 is 16.3. The van der Waals surface area contributed by atoms with E-state index in [-0.39, 0.29) is 5.91 Å². The molecule has 5 heteroatoms. The van der Waals surface area contributed by atoms with Crippen molar-refractivity contribution in [2.24, 2.45) is 0 Å². The maximum atomic E-state index is 12.2. The number of carbonyl (C=O) groups excluding carboxylic acids is 1. The minimum Gasteiger partial charge on any atom is -0.497 e. The number of methoxy groups -OCH3 is 1. The Balaban J connectivity index is 1.74. The van der Waals surface area contributed by atoms with Crippen molar-refractivity contribution in [3.8, 4) is 17.2 Å². The van der Waals surface area contributed by atoms with E-state index >= 15 is 0 Å². The van der Waals surface area contributed by atoms with Crippen molar-refractivity contribution in [1.29, 1.82) is 0 Å². The fourth-order valence-corrected chi connectivity index (χ4v) is 2.19. The Morgan fingerprint density at radius 3 is 2.50 bits per heavy atom. The molecule has 1 heterocycles. The topological polar surface area (TPSA) is 56.8 Å². The maximum Gasteiger partial charge on any atom is 0.255 e. The molecule has 0 saturated carbocycles. The molecular formula is C17H17NO4. The average Bonchev–Trinajstić information content (AvgIpc) is 2.79. The first-order valence-electron chi connectivity index (χ1n) is 7.11. The largest absolute Gasteiger partial charge is 0.497 e. The molecule has 0 aromatic heterocycles. The summed E-state index contributed by atoms with van der Waals surface area (Å²) in [6, 6.07) is 12.3. The van der Waals surface area contributed by atoms with Crippen LogP contribution in [0.5, 0.6) is 17.2 Å². The first-order valence-corrected chi connectivity index (χ1v) is 7.11. The fourth-order valence-electron chi connectivity index (χ4n) is 2.19. The highest BCUT2D eigenvalue weighted by molar-refractivity contribution is 6.04. The van der Waals surface area contributed by atoms with E-state index in [1.165, 1.54) is 0 Å². The Bertz CT molecular complexity index is 667. The van der Waals surface area contributed by atoms with Crippen molar-refractivity contribution in [1.82, 2.24) is 0 Å². The predicted octanol–water partition coefficient (Wildman–Crippen LogP) is 3.11. The van der Waals surface area contributed by atoms with Crippen LogP contribution in [0.2, 0.25) is 0 Å². The van der Waals surface area contributed by atoms with Gasteiger partial charge in [0, 0.05) is 23.7 Å². The molecule has 1 aliphatic rings. The molecule has 1 amide bonds. The molecule has 0 fully saturated rings. The summed E-state index contributed by atoms with van der Waals surface area (Å²) in [4.78, 5) is 12.2. The van der Waals surface area contributed by atoms with Crippen LogP contribution in [0.4, 0.5) is 5.69 Å². The lowest BCUT2D eigenvalue weighted by atomic mass is 10.2. The van der Waals surface area contributed by atoms with Crippen molar-refractivity contribution >= 4 is 11.6 Å². The van der Waals surface area contributed by atoms with Crippen molar-refractivity contribution in [3.05, 3.63) is 48.0 Å². The van der Waals surface area contributed by atoms with Gasteiger partial charge in [0.05, 0.1) is 20.3 Å². The lowest BCUT2D eigenvalue weighted by Crippen LogP contribution is -2.11. The van der Waals surface area contributed by atoms with Gasteiger partial charge in [-0.2, -0.15) is 0 Å². The second kappa shape index (κ2) is 6.39. The number of carbonyl (C=O) groups is 1. The Morgan fingerprint density at radius 2 is 1.77 bits per heavy atom. The SMILES string of the molecule is COc1ccc(C(=O)Nc2ccc3c(c2)OCCCO3)cc1. The first-order chi connectivity index (χ1) is 10.8. The summed E-state index contributed by atoms with van der Waals surface area (Å²) in [6.45, 7) is 1.26. The molecule has 0 spiro atoms. The lowest BCUT2D eigenvalue weighted by molar-refractivity contribution is 0.102. The Kier molecular flexibility index (Phi) is 4.14. The minimum absolute atomic E-state index is 0.183. The van der Waals surface area contributed by atoms with E-state index in [1.807, 2.05) is 6.07 Å². The molecule has 22 heavy (non-hydrogen) atoms. The Morgan fingerprint density at radius 1 is 1.05 bits per heavy atom. The van der Waals surface area contributed by atoms with Crippen LogP contribution in [0, 0.1) is 0 Å². The highest BCUT2D eigenvalue weighted by Crippen LogP contribution is 2.32. The Labute approximate surface area is 128 Å². The number of amides is 1. The zero-order chi connectivity index (χ0) is 15.4. The fraction of sp³-hybridized carbons (Fsp3) is 0.235. The molecule has 0 radical (unpaired) electrons. The summed E-state index contributed by atoms with van der Waals surface area (Å²) in [6.07, 6.45) is 0.849. The number of ether oxygens (including phenoxy) is 3. The van der Waals surface area contributed by atoms with Gasteiger partial charge in [0.1, 0.15) is 5.75 Å². The van der Waals surface area contributed by atoms with Crippen LogP contribution in [0.3, 0.4) is 0 Å². The van der Waals surface area contributed by atoms with Gasteiger partial charge in [-0.15, -0.1) is 0 Å². The number of benzene rings is 2. The van der Waals surface area contributed by atoms with E-state index in [1.54, 1.807) is 43.5 Å². The highest BCUT2D eigenvalue weighted by atomic mass is 16.5. The van der Waals surface area contributed by atoms with Crippen molar-refractivity contribution in [2.45, 2.75) is 6.42 Å². The van der Waals surface area contributed by atoms with Gasteiger partial charge in [-0.25, -0.2) is 0 Å². The van der Waals surface area contributed by atoms with E-state index < -0.39 is 0 Å². The molecular weight excluding hydrogens is 282 g/mol. The second-order valence-corrected chi connectivity index (χ2v) is 4.89. The van der Waals surface area contributed by atoms with E-state index in [4.69, 9.17) is 14.2 Å². The number of anilines is 1. The van der Waals surface area contributed by atoms with E-state index in [9.17, 15) is 4.79 Å².